The molecule has 0 saturated carbocycles. The van der Waals surface area contributed by atoms with Gasteiger partial charge in [-0.15, -0.1) is 0 Å². The summed E-state index contributed by atoms with van der Waals surface area (Å²) in [6.07, 6.45) is 0.634. The highest BCUT2D eigenvalue weighted by Crippen LogP contribution is 2.24. The number of rotatable bonds is 9. The minimum Gasteiger partial charge on any atom is -0.497 e. The molecule has 0 radical (unpaired) electrons. The van der Waals surface area contributed by atoms with Crippen LogP contribution in [0.4, 0.5) is 5.69 Å². The fourth-order valence-electron chi connectivity index (χ4n) is 3.33. The molecule has 3 rings (SSSR count). The molecule has 0 saturated heterocycles. The van der Waals surface area contributed by atoms with E-state index in [0.717, 1.165) is 0 Å². The average molecular weight is 477 g/mol. The number of nitrogens with zero attached hydrogens (tertiary/aromatic N) is 2. The maximum absolute atomic E-state index is 13.2. The molecule has 0 aromatic heterocycles. The van der Waals surface area contributed by atoms with Crippen molar-refractivity contribution in [2.24, 2.45) is 5.73 Å². The van der Waals surface area contributed by atoms with Gasteiger partial charge in [0.25, 0.3) is 11.8 Å². The molecule has 0 fully saturated rings. The van der Waals surface area contributed by atoms with Gasteiger partial charge in [0.15, 0.2) is 0 Å². The van der Waals surface area contributed by atoms with Crippen molar-refractivity contribution in [1.82, 2.24) is 4.90 Å². The summed E-state index contributed by atoms with van der Waals surface area (Å²) in [6, 6.07) is 20.4. The molecular weight excluding hydrogens is 452 g/mol. The van der Waals surface area contributed by atoms with E-state index in [0.29, 0.717) is 58.2 Å². The van der Waals surface area contributed by atoms with Crippen molar-refractivity contribution in [1.29, 1.82) is 5.26 Å². The molecule has 0 heterocycles. The monoisotopic (exact) mass is 476 g/mol. The molecule has 3 aromatic rings. The zero-order valence-corrected chi connectivity index (χ0v) is 19.5. The Hall–Kier alpha value is -3.86. The van der Waals surface area contributed by atoms with Gasteiger partial charge < -0.3 is 20.7 Å². The Morgan fingerprint density at radius 2 is 1.74 bits per heavy atom. The van der Waals surface area contributed by atoms with E-state index >= 15 is 0 Å². The summed E-state index contributed by atoms with van der Waals surface area (Å²) in [6.45, 7) is 1.16. The first-order valence-electron chi connectivity index (χ1n) is 10.7. The topological polar surface area (TPSA) is 108 Å². The number of carbonyl (C=O) groups is 2. The predicted octanol–water partition coefficient (Wildman–Crippen LogP) is 4.46. The summed E-state index contributed by atoms with van der Waals surface area (Å²) >= 11 is 6.43. The van der Waals surface area contributed by atoms with Crippen LogP contribution in [0.2, 0.25) is 5.02 Å². The van der Waals surface area contributed by atoms with Crippen molar-refractivity contribution in [2.75, 3.05) is 25.5 Å². The van der Waals surface area contributed by atoms with Gasteiger partial charge in [-0.25, -0.2) is 0 Å². The number of nitriles is 1. The quantitative estimate of drug-likeness (QED) is 0.473. The van der Waals surface area contributed by atoms with Gasteiger partial charge in [-0.05, 0) is 85.3 Å². The van der Waals surface area contributed by atoms with Crippen molar-refractivity contribution in [2.45, 2.75) is 13.0 Å². The third-order valence-corrected chi connectivity index (χ3v) is 5.57. The Bertz CT molecular complexity index is 1190. The highest BCUT2D eigenvalue weighted by molar-refractivity contribution is 6.31. The molecule has 0 aliphatic rings. The SMILES string of the molecule is COc1ccc(C(=O)N(CCCN)Cc2cc(NC(=O)c3ccc(C#N)cc3)ccc2Cl)cc1. The maximum Gasteiger partial charge on any atom is 0.255 e. The largest absolute Gasteiger partial charge is 0.497 e. The lowest BCUT2D eigenvalue weighted by Crippen LogP contribution is -2.32. The minimum atomic E-state index is -0.313. The van der Waals surface area contributed by atoms with Gasteiger partial charge in [-0.2, -0.15) is 5.26 Å². The van der Waals surface area contributed by atoms with Gasteiger partial charge in [-0.3, -0.25) is 9.59 Å². The van der Waals surface area contributed by atoms with Gasteiger partial charge >= 0.3 is 0 Å². The first kappa shape index (κ1) is 24.8. The molecule has 3 aromatic carbocycles. The van der Waals surface area contributed by atoms with Crippen LogP contribution in [0.1, 0.15) is 38.3 Å². The van der Waals surface area contributed by atoms with Crippen molar-refractivity contribution >= 4 is 29.1 Å². The fourth-order valence-corrected chi connectivity index (χ4v) is 3.51. The smallest absolute Gasteiger partial charge is 0.255 e. The number of halogens is 1. The maximum atomic E-state index is 13.2. The number of methoxy groups -OCH3 is 1. The second kappa shape index (κ2) is 11.8. The van der Waals surface area contributed by atoms with E-state index in [1.54, 1.807) is 78.7 Å². The number of ether oxygens (including phenoxy) is 1. The highest BCUT2D eigenvalue weighted by Gasteiger charge is 2.18. The third kappa shape index (κ3) is 6.35. The lowest BCUT2D eigenvalue weighted by atomic mass is 10.1. The summed E-state index contributed by atoms with van der Waals surface area (Å²) in [5, 5.41) is 12.2. The number of amides is 2. The van der Waals surface area contributed by atoms with Crippen LogP contribution in [0, 0.1) is 11.3 Å². The van der Waals surface area contributed by atoms with E-state index in [2.05, 4.69) is 5.32 Å². The first-order chi connectivity index (χ1) is 16.4. The van der Waals surface area contributed by atoms with Crippen LogP contribution in [0.3, 0.4) is 0 Å². The van der Waals surface area contributed by atoms with Crippen molar-refractivity contribution in [3.05, 3.63) is 94.0 Å². The van der Waals surface area contributed by atoms with Gasteiger partial charge in [0.2, 0.25) is 0 Å². The predicted molar refractivity (Wildman–Crippen MR) is 132 cm³/mol. The molecule has 0 aliphatic carbocycles. The Labute approximate surface area is 203 Å². The third-order valence-electron chi connectivity index (χ3n) is 5.20. The summed E-state index contributed by atoms with van der Waals surface area (Å²) in [7, 11) is 1.57. The number of nitrogens with two attached hydrogens (primary N) is 1. The van der Waals surface area contributed by atoms with Gasteiger partial charge in [-0.1, -0.05) is 11.6 Å². The number of carbonyl (C=O) groups excluding carboxylic acids is 2. The van der Waals surface area contributed by atoms with Crippen molar-refractivity contribution in [3.63, 3.8) is 0 Å². The fraction of sp³-hybridized carbons (Fsp3) is 0.192. The minimum absolute atomic E-state index is 0.154. The summed E-state index contributed by atoms with van der Waals surface area (Å²) in [5.74, 6) is 0.199. The van der Waals surface area contributed by atoms with Gasteiger partial charge in [0.1, 0.15) is 5.75 Å². The Balaban J connectivity index is 1.79. The molecule has 174 valence electrons. The van der Waals surface area contributed by atoms with Crippen LogP contribution in [0.15, 0.2) is 66.7 Å². The second-order valence-corrected chi connectivity index (χ2v) is 7.95. The number of benzene rings is 3. The van der Waals surface area contributed by atoms with Crippen LogP contribution in [0.25, 0.3) is 0 Å². The molecule has 0 aliphatic heterocycles. The standard InChI is InChI=1S/C26H25ClN4O3/c1-34-23-10-7-20(8-11-23)26(33)31(14-2-13-28)17-21-15-22(9-12-24(21)27)30-25(32)19-5-3-18(16-29)4-6-19/h3-12,15H,2,13-14,17,28H2,1H3,(H,30,32). The van der Waals surface area contributed by atoms with Crippen LogP contribution in [0.5, 0.6) is 5.75 Å². The Morgan fingerprint density at radius 3 is 2.35 bits per heavy atom. The molecule has 8 heteroatoms. The van der Waals surface area contributed by atoms with E-state index in [1.807, 2.05) is 6.07 Å². The molecule has 0 spiro atoms. The molecular formula is C26H25ClN4O3. The van der Waals surface area contributed by atoms with E-state index < -0.39 is 0 Å². The molecule has 34 heavy (non-hydrogen) atoms. The van der Waals surface area contributed by atoms with Crippen LogP contribution in [-0.2, 0) is 6.54 Å². The normalized spacial score (nSPS) is 10.3. The van der Waals surface area contributed by atoms with E-state index in [-0.39, 0.29) is 18.4 Å². The molecule has 0 bridgehead atoms. The van der Waals surface area contributed by atoms with Crippen LogP contribution >= 0.6 is 11.6 Å². The zero-order valence-electron chi connectivity index (χ0n) is 18.8. The number of anilines is 1. The first-order valence-corrected chi connectivity index (χ1v) is 11.1. The number of hydrogen-bond acceptors (Lipinski definition) is 5. The van der Waals surface area contributed by atoms with Crippen molar-refractivity contribution in [3.8, 4) is 11.8 Å². The summed E-state index contributed by atoms with van der Waals surface area (Å²) < 4.78 is 5.17. The molecule has 7 nitrogen and oxygen atoms in total. The zero-order chi connectivity index (χ0) is 24.5. The van der Waals surface area contributed by atoms with Crippen LogP contribution in [-0.4, -0.2) is 36.9 Å². The lowest BCUT2D eigenvalue weighted by Gasteiger charge is -2.24. The Morgan fingerprint density at radius 1 is 1.06 bits per heavy atom. The number of hydrogen-bond donors (Lipinski definition) is 2. The Kier molecular flexibility index (Phi) is 8.63. The van der Waals surface area contributed by atoms with E-state index in [1.165, 1.54) is 0 Å². The summed E-state index contributed by atoms with van der Waals surface area (Å²) in [4.78, 5) is 27.5. The average Bonchev–Trinajstić information content (AvgIpc) is 2.87. The second-order valence-electron chi connectivity index (χ2n) is 7.55. The lowest BCUT2D eigenvalue weighted by molar-refractivity contribution is 0.0742. The number of nitrogens with one attached hydrogen (secondary N) is 1. The highest BCUT2D eigenvalue weighted by atomic mass is 35.5. The van der Waals surface area contributed by atoms with Gasteiger partial charge in [0.05, 0.1) is 18.7 Å². The molecule has 3 N–H and O–H groups in total. The van der Waals surface area contributed by atoms with E-state index in [4.69, 9.17) is 27.3 Å². The van der Waals surface area contributed by atoms with E-state index in [9.17, 15) is 9.59 Å². The summed E-state index contributed by atoms with van der Waals surface area (Å²) in [5.41, 5.74) is 8.35. The molecule has 0 unspecified atom stereocenters. The van der Waals surface area contributed by atoms with Crippen LogP contribution < -0.4 is 15.8 Å². The molecule has 2 amide bonds. The van der Waals surface area contributed by atoms with Crippen molar-refractivity contribution < 1.29 is 14.3 Å². The molecule has 0 atom stereocenters. The van der Waals surface area contributed by atoms with Gasteiger partial charge in [0, 0.05) is 34.9 Å².